The number of allylic oxidation sites excluding steroid dienone is 4. The summed E-state index contributed by atoms with van der Waals surface area (Å²) < 4.78 is 0. The Balaban J connectivity index is 0.893. The van der Waals surface area contributed by atoms with Gasteiger partial charge >= 0.3 is 0 Å². The number of fused-ring (bicyclic) bond motifs is 5. The van der Waals surface area contributed by atoms with Crippen LogP contribution in [0.5, 0.6) is 0 Å². The van der Waals surface area contributed by atoms with Crippen molar-refractivity contribution in [3.05, 3.63) is 72.1 Å². The van der Waals surface area contributed by atoms with Gasteiger partial charge in [0.2, 0.25) is 5.95 Å². The van der Waals surface area contributed by atoms with Crippen LogP contribution in [0.3, 0.4) is 0 Å². The summed E-state index contributed by atoms with van der Waals surface area (Å²) in [7, 11) is 0. The van der Waals surface area contributed by atoms with E-state index < -0.39 is 0 Å². The summed E-state index contributed by atoms with van der Waals surface area (Å²) >= 11 is 0. The molecule has 6 atom stereocenters. The lowest BCUT2D eigenvalue weighted by molar-refractivity contribution is -0.128. The molecule has 8 rings (SSSR count). The number of ketones is 2. The van der Waals surface area contributed by atoms with Crippen molar-refractivity contribution in [2.75, 3.05) is 37.6 Å². The molecule has 3 fully saturated rings. The average molecular weight is 672 g/mol. The van der Waals surface area contributed by atoms with Crippen LogP contribution < -0.4 is 4.90 Å². The van der Waals surface area contributed by atoms with Crippen molar-refractivity contribution in [3.8, 4) is 23.0 Å². The molecule has 9 nitrogen and oxygen atoms in total. The van der Waals surface area contributed by atoms with Gasteiger partial charge in [0.05, 0.1) is 0 Å². The molecule has 0 radical (unpaired) electrons. The Morgan fingerprint density at radius 2 is 1.62 bits per heavy atom. The number of anilines is 1. The van der Waals surface area contributed by atoms with E-state index in [1.165, 1.54) is 5.57 Å². The largest absolute Gasteiger partial charge is 0.338 e. The highest BCUT2D eigenvalue weighted by Gasteiger charge is 2.59. The lowest BCUT2D eigenvalue weighted by Crippen LogP contribution is -2.47. The van der Waals surface area contributed by atoms with E-state index in [9.17, 15) is 9.59 Å². The first-order valence-corrected chi connectivity index (χ1v) is 18.8. The number of hydrogen-bond acceptors (Lipinski definition) is 9. The summed E-state index contributed by atoms with van der Waals surface area (Å²) in [5.74, 6) is 4.16. The van der Waals surface area contributed by atoms with E-state index in [-0.39, 0.29) is 16.7 Å². The number of carbonyl (C=O) groups is 2. The minimum absolute atomic E-state index is 0.0329. The van der Waals surface area contributed by atoms with E-state index in [4.69, 9.17) is 15.0 Å². The van der Waals surface area contributed by atoms with Crippen LogP contribution in [0.1, 0.15) is 72.1 Å². The third-order valence-electron chi connectivity index (χ3n) is 13.0. The molecular weight excluding hydrogens is 622 g/mol. The van der Waals surface area contributed by atoms with E-state index in [1.807, 2.05) is 42.5 Å². The lowest BCUT2D eigenvalue weighted by atomic mass is 9.51. The van der Waals surface area contributed by atoms with Gasteiger partial charge in [-0.05, 0) is 98.6 Å². The molecule has 0 unspecified atom stereocenters. The predicted octanol–water partition coefficient (Wildman–Crippen LogP) is 6.78. The maximum absolute atomic E-state index is 14.1. The van der Waals surface area contributed by atoms with Crippen LogP contribution >= 0.6 is 0 Å². The first-order chi connectivity index (χ1) is 24.2. The molecule has 3 aromatic heterocycles. The van der Waals surface area contributed by atoms with E-state index >= 15 is 0 Å². The first kappa shape index (κ1) is 33.1. The second-order valence-corrected chi connectivity index (χ2v) is 15.9. The van der Waals surface area contributed by atoms with Crippen LogP contribution in [0.2, 0.25) is 0 Å². The maximum Gasteiger partial charge on any atom is 0.229 e. The number of carbonyl (C=O) groups excluding carboxylic acids is 2. The molecule has 4 heterocycles. The van der Waals surface area contributed by atoms with E-state index in [0.29, 0.717) is 71.1 Å². The Bertz CT molecular complexity index is 1760. The fourth-order valence-electron chi connectivity index (χ4n) is 10.4. The molecular formula is C41H49N7O2. The normalized spacial score (nSPS) is 30.9. The van der Waals surface area contributed by atoms with Crippen LogP contribution in [0.15, 0.2) is 72.1 Å². The molecule has 9 heteroatoms. The minimum atomic E-state index is 0.0329. The van der Waals surface area contributed by atoms with Crippen molar-refractivity contribution < 1.29 is 9.59 Å². The van der Waals surface area contributed by atoms with Crippen molar-refractivity contribution in [1.82, 2.24) is 29.8 Å². The monoisotopic (exact) mass is 671 g/mol. The SMILES string of the molecule is C[C@@H]1C[C@H]2[C@@H]3CCC4=CC(=O)CC[C@]4(C)C3=CC[C@]2(C)[C@H]1C(=O)CCCN1CCN(c2nc(-c3ccccn3)nc(-c3ccccn3)n2)CC1. The summed E-state index contributed by atoms with van der Waals surface area (Å²) in [6.07, 6.45) is 15.4. The Morgan fingerprint density at radius 1 is 0.920 bits per heavy atom. The Kier molecular flexibility index (Phi) is 8.74. The zero-order valence-electron chi connectivity index (χ0n) is 29.7. The number of pyridine rings is 2. The van der Waals surface area contributed by atoms with Crippen LogP contribution in [-0.2, 0) is 9.59 Å². The summed E-state index contributed by atoms with van der Waals surface area (Å²) in [4.78, 5) is 54.4. The van der Waals surface area contributed by atoms with Gasteiger partial charge in [0, 0.05) is 62.7 Å². The van der Waals surface area contributed by atoms with Crippen LogP contribution in [0.25, 0.3) is 23.0 Å². The number of rotatable bonds is 8. The van der Waals surface area contributed by atoms with Gasteiger partial charge in [-0.3, -0.25) is 24.5 Å². The second-order valence-electron chi connectivity index (χ2n) is 15.9. The standard InChI is InChI=1S/C41H49N7O2/c1-27-25-32-30-13-12-28-26-29(49)14-16-40(28,2)31(30)15-17-41(32,3)36(27)35(50)11-8-20-47-21-23-48(24-22-47)39-45-37(33-9-4-6-18-42-33)44-38(46-39)34-10-5-7-19-43-34/h4-7,9-10,15,18-19,26-27,30,32,36H,8,11-14,16-17,20-25H2,1-3H3/t27-,30-,32+,36-,40+,41+/m1/s1. The summed E-state index contributed by atoms with van der Waals surface area (Å²) in [6, 6.07) is 11.5. The molecule has 2 saturated carbocycles. The molecule has 3 aromatic rings. The number of Topliss-reactive ketones (excluding diaryl/α,β-unsaturated/α-hetero) is 1. The van der Waals surface area contributed by atoms with Gasteiger partial charge in [0.15, 0.2) is 17.4 Å². The minimum Gasteiger partial charge on any atom is -0.338 e. The average Bonchev–Trinajstić information content (AvgIpc) is 3.42. The molecule has 1 saturated heterocycles. The molecule has 5 aliphatic rings. The predicted molar refractivity (Wildman–Crippen MR) is 194 cm³/mol. The topological polar surface area (TPSA) is 105 Å². The molecule has 0 amide bonds. The number of aromatic nitrogens is 5. The molecule has 4 aliphatic carbocycles. The van der Waals surface area contributed by atoms with Gasteiger partial charge in [0.1, 0.15) is 17.2 Å². The number of nitrogens with zero attached hydrogens (tertiary/aromatic N) is 7. The first-order valence-electron chi connectivity index (χ1n) is 18.8. The molecule has 1 aliphatic heterocycles. The van der Waals surface area contributed by atoms with Crippen LogP contribution in [0.4, 0.5) is 5.95 Å². The Labute approximate surface area is 295 Å². The van der Waals surface area contributed by atoms with Crippen molar-refractivity contribution in [2.24, 2.45) is 34.5 Å². The van der Waals surface area contributed by atoms with E-state index in [0.717, 1.165) is 71.2 Å². The maximum atomic E-state index is 14.1. The third kappa shape index (κ3) is 5.91. The number of hydrogen-bond donors (Lipinski definition) is 0. The summed E-state index contributed by atoms with van der Waals surface area (Å²) in [5.41, 5.74) is 4.43. The van der Waals surface area contributed by atoms with E-state index in [2.05, 4.69) is 46.6 Å². The fourth-order valence-corrected chi connectivity index (χ4v) is 10.4. The zero-order valence-corrected chi connectivity index (χ0v) is 29.7. The third-order valence-corrected chi connectivity index (χ3v) is 13.0. The summed E-state index contributed by atoms with van der Waals surface area (Å²) in [6.45, 7) is 11.5. The highest BCUT2D eigenvalue weighted by molar-refractivity contribution is 5.92. The lowest BCUT2D eigenvalue weighted by Gasteiger charge is -2.53. The van der Waals surface area contributed by atoms with E-state index in [1.54, 1.807) is 18.0 Å². The molecule has 0 spiro atoms. The van der Waals surface area contributed by atoms with Crippen molar-refractivity contribution >= 4 is 17.5 Å². The highest BCUT2D eigenvalue weighted by Crippen LogP contribution is 2.65. The quantitative estimate of drug-likeness (QED) is 0.240. The van der Waals surface area contributed by atoms with Crippen LogP contribution in [0, 0.1) is 34.5 Å². The van der Waals surface area contributed by atoms with Gasteiger partial charge in [-0.25, -0.2) is 4.98 Å². The van der Waals surface area contributed by atoms with Crippen molar-refractivity contribution in [2.45, 2.75) is 72.1 Å². The fraction of sp³-hybridized carbons (Fsp3) is 0.537. The number of piperazine rings is 1. The summed E-state index contributed by atoms with van der Waals surface area (Å²) in [5, 5.41) is 0. The van der Waals surface area contributed by atoms with Crippen LogP contribution in [-0.4, -0.2) is 74.1 Å². The van der Waals surface area contributed by atoms with Gasteiger partial charge < -0.3 is 4.90 Å². The Morgan fingerprint density at radius 3 is 2.28 bits per heavy atom. The van der Waals surface area contributed by atoms with Gasteiger partial charge in [-0.2, -0.15) is 9.97 Å². The second kappa shape index (κ2) is 13.2. The zero-order chi connectivity index (χ0) is 34.5. The smallest absolute Gasteiger partial charge is 0.229 e. The van der Waals surface area contributed by atoms with Crippen molar-refractivity contribution in [1.29, 1.82) is 0 Å². The van der Waals surface area contributed by atoms with Gasteiger partial charge in [-0.1, -0.05) is 50.1 Å². The van der Waals surface area contributed by atoms with Crippen molar-refractivity contribution in [3.63, 3.8) is 0 Å². The van der Waals surface area contributed by atoms with Gasteiger partial charge in [-0.15, -0.1) is 0 Å². The molecule has 0 N–H and O–H groups in total. The molecule has 260 valence electrons. The molecule has 0 bridgehead atoms. The van der Waals surface area contributed by atoms with Gasteiger partial charge in [0.25, 0.3) is 0 Å². The highest BCUT2D eigenvalue weighted by atomic mass is 16.1. The molecule has 50 heavy (non-hydrogen) atoms. The molecule has 0 aromatic carbocycles. The Hall–Kier alpha value is -4.11.